The molecule has 23 heavy (non-hydrogen) atoms. The lowest BCUT2D eigenvalue weighted by Gasteiger charge is -2.36. The summed E-state index contributed by atoms with van der Waals surface area (Å²) in [4.78, 5) is 6.45. The van der Waals surface area contributed by atoms with Crippen LogP contribution >= 0.6 is 0 Å². The van der Waals surface area contributed by atoms with Crippen molar-refractivity contribution >= 4 is 0 Å². The first kappa shape index (κ1) is 15.8. The Hall–Kier alpha value is -2.05. The van der Waals surface area contributed by atoms with Gasteiger partial charge in [0.25, 0.3) is 0 Å². The molecule has 0 spiro atoms. The standard InChI is InChI=1S/C17H19F2N3O/c18-17(19)23-15-3-1-13(2-4-15)12-22-10-9-21-11-16(22)14-5-7-20-8-6-14/h1-8,16-17,21H,9-12H2. The molecule has 2 aromatic rings. The summed E-state index contributed by atoms with van der Waals surface area (Å²) >= 11 is 0. The van der Waals surface area contributed by atoms with E-state index >= 15 is 0 Å². The topological polar surface area (TPSA) is 37.4 Å². The SMILES string of the molecule is FC(F)Oc1ccc(CN2CCNCC2c2ccncc2)cc1. The van der Waals surface area contributed by atoms with E-state index in [4.69, 9.17) is 0 Å². The number of hydrogen-bond acceptors (Lipinski definition) is 4. The van der Waals surface area contributed by atoms with E-state index in [0.29, 0.717) is 0 Å². The number of piperazine rings is 1. The maximum absolute atomic E-state index is 12.2. The zero-order chi connectivity index (χ0) is 16.1. The van der Waals surface area contributed by atoms with Crippen LogP contribution in [0.4, 0.5) is 8.78 Å². The highest BCUT2D eigenvalue weighted by Crippen LogP contribution is 2.24. The molecule has 4 nitrogen and oxygen atoms in total. The minimum atomic E-state index is -2.79. The van der Waals surface area contributed by atoms with E-state index in [0.717, 1.165) is 31.7 Å². The molecule has 0 radical (unpaired) electrons. The molecule has 1 aromatic carbocycles. The van der Waals surface area contributed by atoms with Gasteiger partial charge in [-0.2, -0.15) is 8.78 Å². The van der Waals surface area contributed by atoms with Gasteiger partial charge in [0.05, 0.1) is 0 Å². The number of nitrogens with one attached hydrogen (secondary N) is 1. The highest BCUT2D eigenvalue weighted by Gasteiger charge is 2.23. The zero-order valence-corrected chi connectivity index (χ0v) is 12.7. The minimum absolute atomic E-state index is 0.190. The zero-order valence-electron chi connectivity index (χ0n) is 12.7. The fraction of sp³-hybridized carbons (Fsp3) is 0.353. The summed E-state index contributed by atoms with van der Waals surface area (Å²) in [7, 11) is 0. The molecular formula is C17H19F2N3O. The summed E-state index contributed by atoms with van der Waals surface area (Å²) in [5.41, 5.74) is 2.30. The summed E-state index contributed by atoms with van der Waals surface area (Å²) in [6.07, 6.45) is 3.61. The predicted octanol–water partition coefficient (Wildman–Crippen LogP) is 2.83. The number of rotatable bonds is 5. The van der Waals surface area contributed by atoms with Crippen LogP contribution in [0.2, 0.25) is 0 Å². The number of aromatic nitrogens is 1. The van der Waals surface area contributed by atoms with Gasteiger partial charge in [0.15, 0.2) is 0 Å². The van der Waals surface area contributed by atoms with Crippen LogP contribution < -0.4 is 10.1 Å². The summed E-state index contributed by atoms with van der Waals surface area (Å²) in [6.45, 7) is 0.738. The van der Waals surface area contributed by atoms with Crippen LogP contribution in [0, 0.1) is 0 Å². The van der Waals surface area contributed by atoms with E-state index in [9.17, 15) is 8.78 Å². The molecule has 2 heterocycles. The van der Waals surface area contributed by atoms with Crippen LogP contribution in [0.15, 0.2) is 48.8 Å². The van der Waals surface area contributed by atoms with Gasteiger partial charge < -0.3 is 10.1 Å². The molecule has 1 atom stereocenters. The molecule has 1 aliphatic rings. The molecule has 1 fully saturated rings. The lowest BCUT2D eigenvalue weighted by molar-refractivity contribution is -0.0498. The third-order valence-corrected chi connectivity index (χ3v) is 3.98. The van der Waals surface area contributed by atoms with Crippen molar-refractivity contribution in [3.8, 4) is 5.75 Å². The van der Waals surface area contributed by atoms with Crippen LogP contribution in [0.3, 0.4) is 0 Å². The second-order valence-corrected chi connectivity index (χ2v) is 5.49. The molecule has 1 N–H and O–H groups in total. The van der Waals surface area contributed by atoms with Gasteiger partial charge in [-0.25, -0.2) is 0 Å². The van der Waals surface area contributed by atoms with E-state index in [-0.39, 0.29) is 11.8 Å². The highest BCUT2D eigenvalue weighted by molar-refractivity contribution is 5.27. The molecule has 1 unspecified atom stereocenters. The van der Waals surface area contributed by atoms with Crippen LogP contribution in [-0.2, 0) is 6.54 Å². The first-order chi connectivity index (χ1) is 11.2. The van der Waals surface area contributed by atoms with Gasteiger partial charge in [-0.1, -0.05) is 12.1 Å². The normalized spacial score (nSPS) is 19.0. The fourth-order valence-electron chi connectivity index (χ4n) is 2.86. The van der Waals surface area contributed by atoms with Gasteiger partial charge in [-0.3, -0.25) is 9.88 Å². The van der Waals surface area contributed by atoms with Gasteiger partial charge in [0.1, 0.15) is 5.75 Å². The van der Waals surface area contributed by atoms with E-state index in [1.807, 2.05) is 24.3 Å². The molecule has 3 rings (SSSR count). The number of hydrogen-bond donors (Lipinski definition) is 1. The average Bonchev–Trinajstić information content (AvgIpc) is 2.57. The van der Waals surface area contributed by atoms with E-state index in [2.05, 4.69) is 19.9 Å². The minimum Gasteiger partial charge on any atom is -0.435 e. The van der Waals surface area contributed by atoms with Gasteiger partial charge in [-0.15, -0.1) is 0 Å². The van der Waals surface area contributed by atoms with Crippen molar-refractivity contribution in [3.63, 3.8) is 0 Å². The Morgan fingerprint density at radius 3 is 2.61 bits per heavy atom. The Labute approximate surface area is 134 Å². The van der Waals surface area contributed by atoms with Gasteiger partial charge >= 0.3 is 6.61 Å². The van der Waals surface area contributed by atoms with Crippen LogP contribution in [0.1, 0.15) is 17.2 Å². The summed E-state index contributed by atoms with van der Waals surface area (Å²) in [5.74, 6) is 0.190. The molecule has 0 amide bonds. The van der Waals surface area contributed by atoms with Crippen molar-refractivity contribution < 1.29 is 13.5 Å². The second-order valence-electron chi connectivity index (χ2n) is 5.49. The monoisotopic (exact) mass is 319 g/mol. The third-order valence-electron chi connectivity index (χ3n) is 3.98. The summed E-state index contributed by atoms with van der Waals surface area (Å²) < 4.78 is 28.8. The molecule has 0 saturated carbocycles. The Morgan fingerprint density at radius 2 is 1.91 bits per heavy atom. The van der Waals surface area contributed by atoms with Crippen molar-refractivity contribution in [2.75, 3.05) is 19.6 Å². The molecule has 1 aliphatic heterocycles. The number of benzene rings is 1. The highest BCUT2D eigenvalue weighted by atomic mass is 19.3. The van der Waals surface area contributed by atoms with E-state index in [1.54, 1.807) is 24.5 Å². The maximum atomic E-state index is 12.2. The Bertz CT molecular complexity index is 607. The second kappa shape index (κ2) is 7.48. The molecular weight excluding hydrogens is 300 g/mol. The van der Waals surface area contributed by atoms with Crippen LogP contribution in [-0.4, -0.2) is 36.1 Å². The Balaban J connectivity index is 1.69. The molecule has 0 bridgehead atoms. The molecule has 1 saturated heterocycles. The van der Waals surface area contributed by atoms with Crippen LogP contribution in [0.25, 0.3) is 0 Å². The molecule has 0 aliphatic carbocycles. The quantitative estimate of drug-likeness (QED) is 0.919. The van der Waals surface area contributed by atoms with Gasteiger partial charge in [0.2, 0.25) is 0 Å². The first-order valence-electron chi connectivity index (χ1n) is 7.61. The Morgan fingerprint density at radius 1 is 1.17 bits per heavy atom. The number of ether oxygens (including phenoxy) is 1. The predicted molar refractivity (Wildman–Crippen MR) is 83.3 cm³/mol. The largest absolute Gasteiger partial charge is 0.435 e. The third kappa shape index (κ3) is 4.24. The fourth-order valence-corrected chi connectivity index (χ4v) is 2.86. The summed E-state index contributed by atoms with van der Waals surface area (Å²) in [5, 5.41) is 3.41. The smallest absolute Gasteiger partial charge is 0.387 e. The molecule has 6 heteroatoms. The van der Waals surface area contributed by atoms with Gasteiger partial charge in [-0.05, 0) is 35.4 Å². The Kier molecular flexibility index (Phi) is 5.15. The van der Waals surface area contributed by atoms with Crippen molar-refractivity contribution in [3.05, 3.63) is 59.9 Å². The van der Waals surface area contributed by atoms with Crippen LogP contribution in [0.5, 0.6) is 5.75 Å². The number of nitrogens with zero attached hydrogens (tertiary/aromatic N) is 2. The lowest BCUT2D eigenvalue weighted by Crippen LogP contribution is -2.45. The number of alkyl halides is 2. The molecule has 122 valence electrons. The maximum Gasteiger partial charge on any atom is 0.387 e. The van der Waals surface area contributed by atoms with E-state index in [1.165, 1.54) is 5.56 Å². The summed E-state index contributed by atoms with van der Waals surface area (Å²) in [6, 6.07) is 11.2. The number of pyridine rings is 1. The average molecular weight is 319 g/mol. The van der Waals surface area contributed by atoms with Crippen molar-refractivity contribution in [2.45, 2.75) is 19.2 Å². The van der Waals surface area contributed by atoms with Crippen molar-refractivity contribution in [2.24, 2.45) is 0 Å². The lowest BCUT2D eigenvalue weighted by atomic mass is 10.0. The first-order valence-corrected chi connectivity index (χ1v) is 7.61. The molecule has 1 aromatic heterocycles. The van der Waals surface area contributed by atoms with E-state index < -0.39 is 6.61 Å². The van der Waals surface area contributed by atoms with Crippen molar-refractivity contribution in [1.29, 1.82) is 0 Å². The number of halogens is 2. The van der Waals surface area contributed by atoms with Gasteiger partial charge in [0, 0.05) is 44.6 Å². The van der Waals surface area contributed by atoms with Crippen molar-refractivity contribution in [1.82, 2.24) is 15.2 Å².